The van der Waals surface area contributed by atoms with Crippen LogP contribution in [0.3, 0.4) is 0 Å². The first-order valence-corrected chi connectivity index (χ1v) is 20.3. The third kappa shape index (κ3) is 4.90. The molecule has 0 atom stereocenters. The summed E-state index contributed by atoms with van der Waals surface area (Å²) in [5.74, 6) is 1.72. The van der Waals surface area contributed by atoms with Gasteiger partial charge in [-0.15, -0.1) is 0 Å². The van der Waals surface area contributed by atoms with Crippen LogP contribution in [0.15, 0.2) is 199 Å². The molecule has 0 aliphatic carbocycles. The maximum absolute atomic E-state index is 6.66. The minimum Gasteiger partial charge on any atom is -0.455 e. The van der Waals surface area contributed by atoms with Gasteiger partial charge in [-0.05, 0) is 73.8 Å². The lowest BCUT2D eigenvalue weighted by Crippen LogP contribution is -2.07. The molecule has 0 radical (unpaired) electrons. The van der Waals surface area contributed by atoms with E-state index in [-0.39, 0.29) is 0 Å². The average Bonchev–Trinajstić information content (AvgIpc) is 3.88. The summed E-state index contributed by atoms with van der Waals surface area (Å²) < 4.78 is 8.92. The number of aromatic nitrogens is 4. The summed E-state index contributed by atoms with van der Waals surface area (Å²) in [5, 5.41) is 13.3. The molecule has 60 heavy (non-hydrogen) atoms. The summed E-state index contributed by atoms with van der Waals surface area (Å²) >= 11 is 0. The number of para-hydroxylation sites is 1. The van der Waals surface area contributed by atoms with E-state index in [2.05, 4.69) is 187 Å². The summed E-state index contributed by atoms with van der Waals surface area (Å²) in [7, 11) is 0. The zero-order valence-electron chi connectivity index (χ0n) is 32.2. The Morgan fingerprint density at radius 2 is 0.983 bits per heavy atom. The van der Waals surface area contributed by atoms with Gasteiger partial charge in [0.05, 0.1) is 11.0 Å². The lowest BCUT2D eigenvalue weighted by molar-refractivity contribution is 0.672. The number of nitrogens with zero attached hydrogens (tertiary/aromatic N) is 4. The van der Waals surface area contributed by atoms with Crippen LogP contribution in [0, 0.1) is 0 Å². The van der Waals surface area contributed by atoms with Gasteiger partial charge in [0.25, 0.3) is 0 Å². The molecule has 13 aromatic rings. The molecular weight excluding hydrogens is 733 g/mol. The maximum atomic E-state index is 6.66. The quantitative estimate of drug-likeness (QED) is 0.179. The zero-order chi connectivity index (χ0) is 39.3. The minimum absolute atomic E-state index is 0.551. The van der Waals surface area contributed by atoms with Crippen molar-refractivity contribution in [3.63, 3.8) is 0 Å². The predicted molar refractivity (Wildman–Crippen MR) is 248 cm³/mol. The lowest BCUT2D eigenvalue weighted by Gasteiger charge is -2.13. The van der Waals surface area contributed by atoms with E-state index < -0.39 is 0 Å². The summed E-state index contributed by atoms with van der Waals surface area (Å²) in [4.78, 5) is 16.3. The molecule has 0 unspecified atom stereocenters. The topological polar surface area (TPSA) is 56.7 Å². The van der Waals surface area contributed by atoms with Crippen molar-refractivity contribution in [3.05, 3.63) is 194 Å². The van der Waals surface area contributed by atoms with Crippen LogP contribution < -0.4 is 0 Å². The first-order valence-electron chi connectivity index (χ1n) is 20.3. The SMILES string of the molecule is c1ccc(-c2ccc3cc(-c4nc(-c5cc6ccccc6c6oc7ccccc7c56)nc(-n5c6ccc7ccccc7c6c6ccc7ccccc7c65)n4)ccc3c2)cc1. The number of rotatable bonds is 4. The molecule has 10 aromatic carbocycles. The van der Waals surface area contributed by atoms with Crippen LogP contribution in [-0.4, -0.2) is 19.5 Å². The fraction of sp³-hybridized carbons (Fsp3) is 0. The highest BCUT2D eigenvalue weighted by Gasteiger charge is 2.23. The molecule has 0 spiro atoms. The second-order valence-electron chi connectivity index (χ2n) is 15.6. The summed E-state index contributed by atoms with van der Waals surface area (Å²) in [5.41, 5.74) is 7.91. The second kappa shape index (κ2) is 12.7. The Morgan fingerprint density at radius 1 is 0.367 bits per heavy atom. The van der Waals surface area contributed by atoms with E-state index in [0.717, 1.165) is 81.8 Å². The molecule has 13 rings (SSSR count). The Hall–Kier alpha value is -8.15. The highest BCUT2D eigenvalue weighted by atomic mass is 16.3. The number of hydrogen-bond acceptors (Lipinski definition) is 4. The molecule has 0 N–H and O–H groups in total. The van der Waals surface area contributed by atoms with Crippen LogP contribution in [-0.2, 0) is 0 Å². The van der Waals surface area contributed by atoms with Gasteiger partial charge in [-0.25, -0.2) is 4.98 Å². The number of benzene rings is 10. The smallest absolute Gasteiger partial charge is 0.238 e. The summed E-state index contributed by atoms with van der Waals surface area (Å²) in [6.45, 7) is 0. The fourth-order valence-electron chi connectivity index (χ4n) is 9.40. The van der Waals surface area contributed by atoms with Gasteiger partial charge in [0.2, 0.25) is 5.95 Å². The molecule has 0 amide bonds. The molecule has 0 saturated carbocycles. The van der Waals surface area contributed by atoms with Crippen molar-refractivity contribution in [2.75, 3.05) is 0 Å². The zero-order valence-corrected chi connectivity index (χ0v) is 32.2. The summed E-state index contributed by atoms with van der Waals surface area (Å²) in [6.07, 6.45) is 0. The Bertz CT molecular complexity index is 3900. The highest BCUT2D eigenvalue weighted by molar-refractivity contribution is 6.26. The molecule has 5 heteroatoms. The molecule has 0 fully saturated rings. The Kier molecular flexibility index (Phi) is 6.95. The van der Waals surface area contributed by atoms with Gasteiger partial charge in [-0.3, -0.25) is 4.57 Å². The molecule has 5 nitrogen and oxygen atoms in total. The maximum Gasteiger partial charge on any atom is 0.238 e. The van der Waals surface area contributed by atoms with Crippen LogP contribution in [0.1, 0.15) is 0 Å². The van der Waals surface area contributed by atoms with Crippen LogP contribution in [0.2, 0.25) is 0 Å². The largest absolute Gasteiger partial charge is 0.455 e. The fourth-order valence-corrected chi connectivity index (χ4v) is 9.40. The van der Waals surface area contributed by atoms with Crippen molar-refractivity contribution in [2.45, 2.75) is 0 Å². The predicted octanol–water partition coefficient (Wildman–Crippen LogP) is 14.5. The molecule has 3 heterocycles. The third-order valence-corrected chi connectivity index (χ3v) is 12.2. The molecule has 0 saturated heterocycles. The van der Waals surface area contributed by atoms with Crippen molar-refractivity contribution in [1.82, 2.24) is 19.5 Å². The third-order valence-electron chi connectivity index (χ3n) is 12.2. The number of hydrogen-bond donors (Lipinski definition) is 0. The minimum atomic E-state index is 0.551. The van der Waals surface area contributed by atoms with Crippen LogP contribution in [0.4, 0.5) is 0 Å². The Balaban J connectivity index is 1.14. The van der Waals surface area contributed by atoms with Gasteiger partial charge >= 0.3 is 0 Å². The lowest BCUT2D eigenvalue weighted by atomic mass is 9.99. The van der Waals surface area contributed by atoms with Gasteiger partial charge in [0.1, 0.15) is 11.2 Å². The number of fused-ring (bicyclic) bond motifs is 13. The van der Waals surface area contributed by atoms with E-state index in [4.69, 9.17) is 19.4 Å². The van der Waals surface area contributed by atoms with Crippen LogP contribution >= 0.6 is 0 Å². The molecule has 3 aromatic heterocycles. The van der Waals surface area contributed by atoms with E-state index >= 15 is 0 Å². The van der Waals surface area contributed by atoms with E-state index in [1.165, 1.54) is 27.3 Å². The van der Waals surface area contributed by atoms with Gasteiger partial charge in [0, 0.05) is 43.4 Å². The number of furan rings is 1. The van der Waals surface area contributed by atoms with Crippen LogP contribution in [0.25, 0.3) is 127 Å². The first-order chi connectivity index (χ1) is 29.7. The first kappa shape index (κ1) is 32.9. The van der Waals surface area contributed by atoms with Crippen molar-refractivity contribution in [1.29, 1.82) is 0 Å². The monoisotopic (exact) mass is 764 g/mol. The highest BCUT2D eigenvalue weighted by Crippen LogP contribution is 2.43. The normalized spacial score (nSPS) is 12.0. The van der Waals surface area contributed by atoms with Gasteiger partial charge < -0.3 is 4.42 Å². The van der Waals surface area contributed by atoms with Gasteiger partial charge in [-0.1, -0.05) is 164 Å². The molecular formula is C55H32N4O. The standard InChI is InChI=1S/C55H32N4O/c1-2-12-33(13-3-1)36-22-23-38-31-40(25-24-37(38)30-36)53-56-54(46-32-39-16-6-9-19-43(39)52-50(46)44-20-10-11-21-48(44)60-52)58-55(57-53)59-47-29-27-34-14-4-7-17-41(34)49(47)45-28-26-35-15-5-8-18-42(35)51(45)59/h1-32H. The van der Waals surface area contributed by atoms with Crippen molar-refractivity contribution in [3.8, 4) is 39.9 Å². The van der Waals surface area contributed by atoms with E-state index in [1.807, 2.05) is 12.1 Å². The van der Waals surface area contributed by atoms with Gasteiger partial charge in [0.15, 0.2) is 11.6 Å². The van der Waals surface area contributed by atoms with E-state index in [0.29, 0.717) is 17.6 Å². The van der Waals surface area contributed by atoms with Crippen LogP contribution in [0.5, 0.6) is 0 Å². The van der Waals surface area contributed by atoms with Crippen molar-refractivity contribution < 1.29 is 4.42 Å². The molecule has 0 aliphatic rings. The average molecular weight is 765 g/mol. The van der Waals surface area contributed by atoms with E-state index in [1.54, 1.807) is 0 Å². The molecule has 278 valence electrons. The van der Waals surface area contributed by atoms with Crippen molar-refractivity contribution >= 4 is 86.8 Å². The Labute approximate surface area is 343 Å². The van der Waals surface area contributed by atoms with Gasteiger partial charge in [-0.2, -0.15) is 9.97 Å². The molecule has 0 aliphatic heterocycles. The molecule has 0 bridgehead atoms. The Morgan fingerprint density at radius 3 is 1.82 bits per heavy atom. The van der Waals surface area contributed by atoms with Crippen molar-refractivity contribution in [2.24, 2.45) is 0 Å². The summed E-state index contributed by atoms with van der Waals surface area (Å²) in [6, 6.07) is 68.6. The van der Waals surface area contributed by atoms with E-state index in [9.17, 15) is 0 Å². The second-order valence-corrected chi connectivity index (χ2v) is 15.6.